The maximum atomic E-state index is 14.4. The highest BCUT2D eigenvalue weighted by Gasteiger charge is 2.34. The van der Waals surface area contributed by atoms with Gasteiger partial charge in [0.15, 0.2) is 0 Å². The van der Waals surface area contributed by atoms with Crippen molar-refractivity contribution in [3.63, 3.8) is 0 Å². The van der Waals surface area contributed by atoms with Crippen LogP contribution in [-0.4, -0.2) is 35.4 Å². The minimum atomic E-state index is -1.03. The predicted molar refractivity (Wildman–Crippen MR) is 151 cm³/mol. The van der Waals surface area contributed by atoms with E-state index in [1.54, 1.807) is 54.7 Å². The van der Waals surface area contributed by atoms with Gasteiger partial charge in [-0.3, -0.25) is 19.3 Å². The van der Waals surface area contributed by atoms with Crippen molar-refractivity contribution >= 4 is 29.2 Å². The molecular weight excluding hydrogens is 511 g/mol. The number of pyridine rings is 1. The fourth-order valence-corrected chi connectivity index (χ4v) is 4.91. The summed E-state index contributed by atoms with van der Waals surface area (Å²) < 4.78 is 19.9. The molecule has 0 bridgehead atoms. The van der Waals surface area contributed by atoms with E-state index in [1.807, 2.05) is 6.92 Å². The van der Waals surface area contributed by atoms with Gasteiger partial charge in [-0.1, -0.05) is 37.1 Å². The van der Waals surface area contributed by atoms with E-state index >= 15 is 0 Å². The van der Waals surface area contributed by atoms with Crippen LogP contribution in [0.4, 0.5) is 15.9 Å². The lowest BCUT2D eigenvalue weighted by atomic mass is 10.0. The number of anilines is 2. The molecule has 40 heavy (non-hydrogen) atoms. The molecule has 1 aliphatic carbocycles. The van der Waals surface area contributed by atoms with Crippen molar-refractivity contribution in [1.29, 1.82) is 0 Å². The molecule has 1 fully saturated rings. The third-order valence-electron chi connectivity index (χ3n) is 6.80. The number of amides is 3. The van der Waals surface area contributed by atoms with Crippen LogP contribution >= 0.6 is 0 Å². The molecule has 3 aromatic rings. The number of hydrogen-bond acceptors (Lipinski definition) is 5. The van der Waals surface area contributed by atoms with Crippen molar-refractivity contribution in [2.45, 2.75) is 64.0 Å². The highest BCUT2D eigenvalue weighted by Crippen LogP contribution is 2.31. The lowest BCUT2D eigenvalue weighted by molar-refractivity contribution is -0.127. The second-order valence-corrected chi connectivity index (χ2v) is 9.75. The van der Waals surface area contributed by atoms with Crippen LogP contribution in [0.15, 0.2) is 72.9 Å². The zero-order valence-electron chi connectivity index (χ0n) is 22.6. The van der Waals surface area contributed by atoms with Crippen molar-refractivity contribution in [1.82, 2.24) is 10.3 Å². The second kappa shape index (κ2) is 14.2. The van der Waals surface area contributed by atoms with Crippen LogP contribution in [0.2, 0.25) is 0 Å². The number of nitrogens with one attached hydrogen (secondary N) is 2. The number of halogens is 1. The molecule has 8 nitrogen and oxygen atoms in total. The topological polar surface area (TPSA) is 101 Å². The SMILES string of the molecule is CCOc1ccc([C@@H](C(=O)NC2CCCC2)N(C(=O)CCCC(=O)Nc2ccccn2)c2cccc(F)c2)cc1. The van der Waals surface area contributed by atoms with E-state index in [1.165, 1.54) is 23.1 Å². The van der Waals surface area contributed by atoms with Gasteiger partial charge in [-0.25, -0.2) is 9.37 Å². The van der Waals surface area contributed by atoms with E-state index in [2.05, 4.69) is 15.6 Å². The molecular formula is C31H35FN4O4. The Kier molecular flexibility index (Phi) is 10.2. The Labute approximate surface area is 233 Å². The molecule has 1 aromatic heterocycles. The summed E-state index contributed by atoms with van der Waals surface area (Å²) >= 11 is 0. The number of rotatable bonds is 12. The van der Waals surface area contributed by atoms with E-state index in [9.17, 15) is 18.8 Å². The molecule has 0 spiro atoms. The summed E-state index contributed by atoms with van der Waals surface area (Å²) in [5, 5.41) is 5.82. The summed E-state index contributed by atoms with van der Waals surface area (Å²) in [4.78, 5) is 45.4. The molecule has 2 aromatic carbocycles. The van der Waals surface area contributed by atoms with Crippen LogP contribution < -0.4 is 20.3 Å². The molecule has 4 rings (SSSR count). The van der Waals surface area contributed by atoms with Crippen LogP contribution in [0.1, 0.15) is 63.5 Å². The Hall–Kier alpha value is -4.27. The van der Waals surface area contributed by atoms with Gasteiger partial charge < -0.3 is 15.4 Å². The third kappa shape index (κ3) is 7.88. The maximum absolute atomic E-state index is 14.4. The van der Waals surface area contributed by atoms with E-state index in [0.29, 0.717) is 23.7 Å². The number of nitrogens with zero attached hydrogens (tertiary/aromatic N) is 2. The Morgan fingerprint density at radius 2 is 1.80 bits per heavy atom. The predicted octanol–water partition coefficient (Wildman–Crippen LogP) is 5.56. The minimum Gasteiger partial charge on any atom is -0.494 e. The molecule has 1 atom stereocenters. The van der Waals surface area contributed by atoms with Gasteiger partial charge in [-0.2, -0.15) is 0 Å². The number of carbonyl (C=O) groups is 3. The van der Waals surface area contributed by atoms with Crippen LogP contribution in [0.3, 0.4) is 0 Å². The number of ether oxygens (including phenoxy) is 1. The van der Waals surface area contributed by atoms with Crippen LogP contribution in [0, 0.1) is 5.82 Å². The Balaban J connectivity index is 1.58. The molecule has 1 saturated carbocycles. The first-order valence-corrected chi connectivity index (χ1v) is 13.8. The molecule has 210 valence electrons. The summed E-state index contributed by atoms with van der Waals surface area (Å²) in [7, 11) is 0. The van der Waals surface area contributed by atoms with Crippen molar-refractivity contribution in [2.24, 2.45) is 0 Å². The molecule has 0 saturated heterocycles. The zero-order valence-corrected chi connectivity index (χ0v) is 22.6. The lowest BCUT2D eigenvalue weighted by Crippen LogP contribution is -2.46. The Morgan fingerprint density at radius 1 is 1.02 bits per heavy atom. The van der Waals surface area contributed by atoms with Gasteiger partial charge in [-0.15, -0.1) is 0 Å². The molecule has 0 aliphatic heterocycles. The van der Waals surface area contributed by atoms with Crippen LogP contribution in [0.5, 0.6) is 5.75 Å². The summed E-state index contributed by atoms with van der Waals surface area (Å²) in [6.07, 6.45) is 5.70. The van der Waals surface area contributed by atoms with E-state index < -0.39 is 17.8 Å². The van der Waals surface area contributed by atoms with Gasteiger partial charge in [0.25, 0.3) is 0 Å². The Bertz CT molecular complexity index is 1280. The highest BCUT2D eigenvalue weighted by atomic mass is 19.1. The summed E-state index contributed by atoms with van der Waals surface area (Å²) in [5.41, 5.74) is 0.841. The largest absolute Gasteiger partial charge is 0.494 e. The first kappa shape index (κ1) is 28.7. The van der Waals surface area contributed by atoms with Crippen molar-refractivity contribution in [3.05, 3.63) is 84.3 Å². The number of carbonyl (C=O) groups excluding carboxylic acids is 3. The maximum Gasteiger partial charge on any atom is 0.248 e. The van der Waals surface area contributed by atoms with Crippen molar-refractivity contribution in [3.8, 4) is 5.75 Å². The molecule has 3 amide bonds. The van der Waals surface area contributed by atoms with Gasteiger partial charge in [0.1, 0.15) is 23.4 Å². The molecule has 2 N–H and O–H groups in total. The van der Waals surface area contributed by atoms with Gasteiger partial charge in [-0.05, 0) is 74.2 Å². The average Bonchev–Trinajstić information content (AvgIpc) is 3.46. The van der Waals surface area contributed by atoms with E-state index in [-0.39, 0.29) is 42.8 Å². The Morgan fingerprint density at radius 3 is 2.48 bits per heavy atom. The van der Waals surface area contributed by atoms with Crippen LogP contribution in [0.25, 0.3) is 0 Å². The first-order chi connectivity index (χ1) is 19.4. The first-order valence-electron chi connectivity index (χ1n) is 13.8. The fourth-order valence-electron chi connectivity index (χ4n) is 4.91. The second-order valence-electron chi connectivity index (χ2n) is 9.75. The minimum absolute atomic E-state index is 0.0175. The molecule has 0 radical (unpaired) electrons. The van der Waals surface area contributed by atoms with Crippen molar-refractivity contribution < 1.29 is 23.5 Å². The summed E-state index contributed by atoms with van der Waals surface area (Å²) in [5.74, 6) is -0.445. The molecule has 0 unspecified atom stereocenters. The van der Waals surface area contributed by atoms with Gasteiger partial charge in [0.05, 0.1) is 6.61 Å². The summed E-state index contributed by atoms with van der Waals surface area (Å²) in [6.45, 7) is 2.37. The van der Waals surface area contributed by atoms with Crippen molar-refractivity contribution in [2.75, 3.05) is 16.8 Å². The van der Waals surface area contributed by atoms with E-state index in [4.69, 9.17) is 4.74 Å². The van der Waals surface area contributed by atoms with Crippen LogP contribution in [-0.2, 0) is 14.4 Å². The lowest BCUT2D eigenvalue weighted by Gasteiger charge is -2.32. The smallest absolute Gasteiger partial charge is 0.248 e. The monoisotopic (exact) mass is 546 g/mol. The quantitative estimate of drug-likeness (QED) is 0.310. The zero-order chi connectivity index (χ0) is 28.3. The van der Waals surface area contributed by atoms with Gasteiger partial charge in [0, 0.05) is 30.8 Å². The number of benzene rings is 2. The number of hydrogen-bond donors (Lipinski definition) is 2. The van der Waals surface area contributed by atoms with Gasteiger partial charge >= 0.3 is 0 Å². The molecule has 1 heterocycles. The third-order valence-corrected chi connectivity index (χ3v) is 6.80. The van der Waals surface area contributed by atoms with Gasteiger partial charge in [0.2, 0.25) is 17.7 Å². The highest BCUT2D eigenvalue weighted by molar-refractivity contribution is 6.01. The molecule has 9 heteroatoms. The van der Waals surface area contributed by atoms with E-state index in [0.717, 1.165) is 25.7 Å². The summed E-state index contributed by atoms with van der Waals surface area (Å²) in [6, 6.07) is 16.9. The average molecular weight is 547 g/mol. The standard InChI is InChI=1S/C31H35FN4O4/c1-2-40-26-18-16-22(17-19-26)30(31(39)34-24-10-3-4-11-24)36(25-12-7-9-23(32)21-25)29(38)15-8-14-28(37)35-27-13-5-6-20-33-27/h5-7,9,12-13,16-21,24,30H,2-4,8,10-11,14-15H2,1H3,(H,34,39)(H,33,35,37)/t30-/m0/s1. The normalized spacial score (nSPS) is 13.8. The fraction of sp³-hybridized carbons (Fsp3) is 0.355. The number of aromatic nitrogens is 1. The molecule has 1 aliphatic rings.